The number of alkyl halides is 1. The molecule has 0 saturated heterocycles. The standard InChI is InChI=1S/C19H19N3O3S.C11H13N3OS.C8H7ClO2/c1-20-16-15(13-7-3-2-4-8-13)21-19(22-17(16)23)26-11-12-6-5-9-14(10-12)18(24)25;1-12-9-8(7-5-3-2-4-6-7)13-11(16)14-10(9)15;9-5-6-2-1-3-7(4-6)8(10)11/h5-6,9-10,13H,2-4,7-8,11H2,(H,24,25)(H,21,22,23);7H,2-6H2,(H2,13,14,15,16);1-4H,5H2,(H,10,11). The van der Waals surface area contributed by atoms with Gasteiger partial charge in [0.2, 0.25) is 0 Å². The minimum atomic E-state index is -0.968. The van der Waals surface area contributed by atoms with Crippen molar-refractivity contribution in [2.24, 2.45) is 0 Å². The SMILES string of the molecule is O=C(O)c1cccc(CCl)c1.[C-]#[N+]c1c(C2CCCCC2)[nH]c(=S)[nH]c1=O.[C-]#[N+]c1c(C2CCCCC2)nc(SCc2cccc(C(=O)O)c2)[nH]c1=O. The molecule has 0 radical (unpaired) electrons. The maximum atomic E-state index is 12.3. The molecule has 2 saturated carbocycles. The fourth-order valence-electron chi connectivity index (χ4n) is 6.33. The van der Waals surface area contributed by atoms with Crippen LogP contribution in [0, 0.1) is 17.9 Å². The zero-order valence-corrected chi connectivity index (χ0v) is 31.2. The van der Waals surface area contributed by atoms with Crippen molar-refractivity contribution in [2.45, 2.75) is 92.8 Å². The molecule has 2 aromatic heterocycles. The van der Waals surface area contributed by atoms with Gasteiger partial charge in [-0.25, -0.2) is 24.3 Å². The van der Waals surface area contributed by atoms with Gasteiger partial charge < -0.3 is 25.2 Å². The highest BCUT2D eigenvalue weighted by atomic mass is 35.5. The fraction of sp³-hybridized carbons (Fsp3) is 0.368. The van der Waals surface area contributed by atoms with E-state index in [-0.39, 0.29) is 34.0 Å². The monoisotopic (exact) mass is 774 g/mol. The Bertz CT molecular complexity index is 2180. The van der Waals surface area contributed by atoms with Crippen molar-refractivity contribution < 1.29 is 19.8 Å². The van der Waals surface area contributed by atoms with E-state index in [4.69, 9.17) is 47.2 Å². The van der Waals surface area contributed by atoms with Crippen LogP contribution in [-0.2, 0) is 11.6 Å². The molecule has 2 fully saturated rings. The number of aromatic amines is 3. The second kappa shape index (κ2) is 20.3. The number of hydrogen-bond acceptors (Lipinski definition) is 7. The molecule has 53 heavy (non-hydrogen) atoms. The summed E-state index contributed by atoms with van der Waals surface area (Å²) in [5, 5.41) is 18.1. The van der Waals surface area contributed by atoms with Crippen molar-refractivity contribution in [1.82, 2.24) is 19.9 Å². The lowest BCUT2D eigenvalue weighted by Crippen LogP contribution is -2.15. The Morgan fingerprint density at radius 1 is 0.792 bits per heavy atom. The molecule has 12 nitrogen and oxygen atoms in total. The van der Waals surface area contributed by atoms with Crippen LogP contribution in [0.4, 0.5) is 11.4 Å². The summed E-state index contributed by atoms with van der Waals surface area (Å²) in [7, 11) is 0. The number of nitrogens with one attached hydrogen (secondary N) is 3. The molecule has 0 spiro atoms. The maximum Gasteiger partial charge on any atom is 0.335 e. The first kappa shape index (κ1) is 40.7. The summed E-state index contributed by atoms with van der Waals surface area (Å²) in [4.78, 5) is 64.8. The highest BCUT2D eigenvalue weighted by molar-refractivity contribution is 7.98. The largest absolute Gasteiger partial charge is 0.478 e. The van der Waals surface area contributed by atoms with Crippen LogP contribution in [0.5, 0.6) is 0 Å². The quantitative estimate of drug-likeness (QED) is 0.0383. The van der Waals surface area contributed by atoms with Crippen molar-refractivity contribution in [3.8, 4) is 0 Å². The molecule has 2 aliphatic rings. The number of thioether (sulfide) groups is 1. The van der Waals surface area contributed by atoms with Gasteiger partial charge in [-0.2, -0.15) is 0 Å². The molecular formula is C38H39ClN6O6S2. The number of aromatic nitrogens is 4. The third-order valence-corrected chi connectivity index (χ3v) is 10.4. The van der Waals surface area contributed by atoms with Crippen molar-refractivity contribution in [3.63, 3.8) is 0 Å². The fourth-order valence-corrected chi connectivity index (χ4v) is 7.51. The van der Waals surface area contributed by atoms with E-state index in [0.717, 1.165) is 68.2 Å². The van der Waals surface area contributed by atoms with Gasteiger partial charge in [0.15, 0.2) is 9.93 Å². The Balaban J connectivity index is 0.000000197. The Hall–Kier alpha value is -5.02. The Morgan fingerprint density at radius 3 is 1.87 bits per heavy atom. The smallest absolute Gasteiger partial charge is 0.335 e. The number of benzene rings is 2. The summed E-state index contributed by atoms with van der Waals surface area (Å²) in [6.45, 7) is 14.4. The van der Waals surface area contributed by atoms with Crippen molar-refractivity contribution >= 4 is 58.9 Å². The predicted octanol–water partition coefficient (Wildman–Crippen LogP) is 9.51. The molecule has 0 unspecified atom stereocenters. The lowest BCUT2D eigenvalue weighted by atomic mass is 9.86. The number of carbonyl (C=O) groups is 2. The van der Waals surface area contributed by atoms with E-state index < -0.39 is 17.5 Å². The average molecular weight is 775 g/mol. The zero-order valence-electron chi connectivity index (χ0n) is 28.8. The second-order valence-corrected chi connectivity index (χ2v) is 14.2. The molecule has 2 aliphatic carbocycles. The summed E-state index contributed by atoms with van der Waals surface area (Å²) in [5.74, 6) is -0.583. The van der Waals surface area contributed by atoms with Gasteiger partial charge in [0.05, 0.1) is 30.0 Å². The zero-order chi connectivity index (χ0) is 38.3. The summed E-state index contributed by atoms with van der Waals surface area (Å²) in [5.41, 5.74) is 3.07. The lowest BCUT2D eigenvalue weighted by molar-refractivity contribution is 0.0686. The first-order valence-corrected chi connectivity index (χ1v) is 19.1. The number of carboxylic acids is 2. The third kappa shape index (κ3) is 11.7. The van der Waals surface area contributed by atoms with E-state index in [9.17, 15) is 19.2 Å². The molecule has 15 heteroatoms. The van der Waals surface area contributed by atoms with Gasteiger partial charge in [-0.05, 0) is 85.1 Å². The van der Waals surface area contributed by atoms with Gasteiger partial charge >= 0.3 is 11.9 Å². The topological polar surface area (TPSA) is 178 Å². The molecule has 2 heterocycles. The van der Waals surface area contributed by atoms with Crippen LogP contribution in [0.2, 0.25) is 0 Å². The molecule has 276 valence electrons. The molecular weight excluding hydrogens is 736 g/mol. The number of hydrogen-bond donors (Lipinski definition) is 5. The van der Waals surface area contributed by atoms with Gasteiger partial charge in [-0.3, -0.25) is 9.59 Å². The van der Waals surface area contributed by atoms with E-state index in [1.807, 2.05) is 6.07 Å². The lowest BCUT2D eigenvalue weighted by Gasteiger charge is -2.22. The van der Waals surface area contributed by atoms with Gasteiger partial charge in [0, 0.05) is 17.3 Å². The second-order valence-electron chi connectivity index (χ2n) is 12.6. The Labute approximate surface area is 320 Å². The van der Waals surface area contributed by atoms with Crippen LogP contribution in [0.3, 0.4) is 0 Å². The number of H-pyrrole nitrogens is 3. The number of halogens is 1. The van der Waals surface area contributed by atoms with E-state index in [1.165, 1.54) is 24.6 Å². The number of aromatic carboxylic acids is 2. The summed E-state index contributed by atoms with van der Waals surface area (Å²) < 4.78 is 0.318. The van der Waals surface area contributed by atoms with Crippen LogP contribution in [-0.4, -0.2) is 42.1 Å². The molecule has 0 amide bonds. The van der Waals surface area contributed by atoms with Crippen LogP contribution < -0.4 is 11.1 Å². The van der Waals surface area contributed by atoms with Crippen LogP contribution in [0.25, 0.3) is 9.69 Å². The third-order valence-electron chi connectivity index (χ3n) is 8.95. The van der Waals surface area contributed by atoms with Gasteiger partial charge in [0.1, 0.15) is 0 Å². The summed E-state index contributed by atoms with van der Waals surface area (Å²) >= 11 is 11.8. The van der Waals surface area contributed by atoms with Gasteiger partial charge in [-0.1, -0.05) is 74.6 Å². The van der Waals surface area contributed by atoms with Gasteiger partial charge in [0.25, 0.3) is 22.5 Å². The molecule has 4 aromatic rings. The molecule has 6 rings (SSSR count). The number of nitrogens with zero attached hydrogens (tertiary/aromatic N) is 3. The Morgan fingerprint density at radius 2 is 1.32 bits per heavy atom. The summed E-state index contributed by atoms with van der Waals surface area (Å²) in [6, 6.07) is 13.3. The first-order chi connectivity index (χ1) is 25.5. The number of rotatable bonds is 8. The van der Waals surface area contributed by atoms with Crippen LogP contribution >= 0.6 is 35.6 Å². The van der Waals surface area contributed by atoms with Crippen molar-refractivity contribution in [2.75, 3.05) is 0 Å². The summed E-state index contributed by atoms with van der Waals surface area (Å²) in [6.07, 6.45) is 11.0. The predicted molar refractivity (Wildman–Crippen MR) is 207 cm³/mol. The van der Waals surface area contributed by atoms with E-state index in [1.54, 1.807) is 42.5 Å². The van der Waals surface area contributed by atoms with Gasteiger partial charge in [-0.15, -0.1) is 11.6 Å². The molecule has 0 atom stereocenters. The minimum absolute atomic E-state index is 0.106. The van der Waals surface area contributed by atoms with Crippen LogP contribution in [0.1, 0.15) is 119 Å². The minimum Gasteiger partial charge on any atom is -0.478 e. The Kier molecular flexibility index (Phi) is 15.6. The highest BCUT2D eigenvalue weighted by Gasteiger charge is 2.23. The highest BCUT2D eigenvalue weighted by Crippen LogP contribution is 2.36. The molecule has 5 N–H and O–H groups in total. The maximum absolute atomic E-state index is 12.3. The number of carboxylic acid groups (broad SMARTS) is 2. The molecule has 0 aliphatic heterocycles. The first-order valence-electron chi connectivity index (χ1n) is 17.1. The normalized spacial score (nSPS) is 14.3. The van der Waals surface area contributed by atoms with E-state index in [2.05, 4.69) is 29.6 Å². The van der Waals surface area contributed by atoms with Crippen molar-refractivity contribution in [3.05, 3.63) is 130 Å². The van der Waals surface area contributed by atoms with Crippen LogP contribution in [0.15, 0.2) is 63.3 Å². The van der Waals surface area contributed by atoms with E-state index in [0.29, 0.717) is 33.2 Å². The van der Waals surface area contributed by atoms with E-state index >= 15 is 0 Å². The van der Waals surface area contributed by atoms with Crippen molar-refractivity contribution in [1.29, 1.82) is 0 Å². The molecule has 0 bridgehead atoms. The average Bonchev–Trinajstić information content (AvgIpc) is 3.18. The molecule has 2 aromatic carbocycles.